The molecule has 0 saturated heterocycles. The Bertz CT molecular complexity index is 984. The van der Waals surface area contributed by atoms with E-state index in [0.29, 0.717) is 46.1 Å². The number of hydrogen-bond acceptors (Lipinski definition) is 5. The van der Waals surface area contributed by atoms with Gasteiger partial charge in [-0.25, -0.2) is 4.79 Å². The zero-order valence-electron chi connectivity index (χ0n) is 14.1. The molecule has 0 atom stereocenters. The van der Waals surface area contributed by atoms with Gasteiger partial charge in [-0.05, 0) is 36.4 Å². The molecule has 0 heterocycles. The molecule has 0 amide bonds. The Morgan fingerprint density at radius 2 is 1.00 bits per heavy atom. The van der Waals surface area contributed by atoms with Crippen molar-refractivity contribution in [1.82, 2.24) is 0 Å². The highest BCUT2D eigenvalue weighted by Gasteiger charge is 2.12. The maximum absolute atomic E-state index is 12.4. The molecule has 3 rings (SSSR count). The summed E-state index contributed by atoms with van der Waals surface area (Å²) >= 11 is 0. The average Bonchev–Trinajstić information content (AvgIpc) is 2.74. The van der Waals surface area contributed by atoms with E-state index in [1.54, 1.807) is 48.5 Å². The molecule has 0 saturated carbocycles. The Balaban J connectivity index is 1.71. The first kappa shape index (κ1) is 17.9. The van der Waals surface area contributed by atoms with E-state index in [-0.39, 0.29) is 5.78 Å². The lowest BCUT2D eigenvalue weighted by Gasteiger charge is -2.06. The second kappa shape index (κ2) is 8.01. The molecule has 0 spiro atoms. The fraction of sp³-hybridized carbons (Fsp3) is 0. The van der Waals surface area contributed by atoms with Gasteiger partial charge in [0, 0.05) is 22.3 Å². The van der Waals surface area contributed by atoms with Crippen LogP contribution in [-0.4, -0.2) is 24.3 Å². The maximum Gasteiger partial charge on any atom is 0.343 e. The summed E-state index contributed by atoms with van der Waals surface area (Å²) in [6.07, 6.45) is 1.41. The Morgan fingerprint density at radius 1 is 0.593 bits per heavy atom. The minimum Gasteiger partial charge on any atom is -0.423 e. The fourth-order valence-electron chi connectivity index (χ4n) is 2.42. The predicted octanol–water partition coefficient (Wildman–Crippen LogP) is 3.76. The van der Waals surface area contributed by atoms with Crippen LogP contribution in [0.1, 0.15) is 47.0 Å². The number of benzene rings is 3. The lowest BCUT2D eigenvalue weighted by atomic mass is 10.0. The van der Waals surface area contributed by atoms with Crippen LogP contribution in [0.25, 0.3) is 0 Å². The van der Waals surface area contributed by atoms with Crippen molar-refractivity contribution >= 4 is 24.3 Å². The monoisotopic (exact) mass is 358 g/mol. The van der Waals surface area contributed by atoms with Crippen LogP contribution in [0.15, 0.2) is 72.8 Å². The highest BCUT2D eigenvalue weighted by molar-refractivity contribution is 6.09. The molecule has 3 aromatic rings. The Hall–Kier alpha value is -3.86. The molecule has 0 aliphatic rings. The Labute approximate surface area is 155 Å². The summed E-state index contributed by atoms with van der Waals surface area (Å²) < 4.78 is 5.24. The lowest BCUT2D eigenvalue weighted by Crippen LogP contribution is -2.09. The highest BCUT2D eigenvalue weighted by Crippen LogP contribution is 2.16. The summed E-state index contributed by atoms with van der Waals surface area (Å²) in [5.74, 6) is -0.457. The SMILES string of the molecule is O=Cc1ccc(OC(=O)c2ccc(C(=O)c3ccc(C=O)cc3)cc2)cc1. The van der Waals surface area contributed by atoms with E-state index in [1.807, 2.05) is 0 Å². The van der Waals surface area contributed by atoms with Gasteiger partial charge in [0.2, 0.25) is 0 Å². The van der Waals surface area contributed by atoms with Crippen LogP contribution in [0.5, 0.6) is 5.75 Å². The van der Waals surface area contributed by atoms with E-state index >= 15 is 0 Å². The molecule has 0 aliphatic carbocycles. The van der Waals surface area contributed by atoms with Crippen molar-refractivity contribution in [2.45, 2.75) is 0 Å². The number of esters is 1. The van der Waals surface area contributed by atoms with Crippen molar-refractivity contribution in [3.63, 3.8) is 0 Å². The molecule has 0 unspecified atom stereocenters. The van der Waals surface area contributed by atoms with Crippen LogP contribution >= 0.6 is 0 Å². The van der Waals surface area contributed by atoms with Crippen LogP contribution < -0.4 is 4.74 Å². The summed E-state index contributed by atoms with van der Waals surface area (Å²) in [4.78, 5) is 45.9. The molecular weight excluding hydrogens is 344 g/mol. The zero-order valence-corrected chi connectivity index (χ0v) is 14.1. The fourth-order valence-corrected chi connectivity index (χ4v) is 2.42. The Kier molecular flexibility index (Phi) is 5.33. The second-order valence-corrected chi connectivity index (χ2v) is 5.72. The smallest absolute Gasteiger partial charge is 0.343 e. The largest absolute Gasteiger partial charge is 0.423 e. The molecule has 0 N–H and O–H groups in total. The second-order valence-electron chi connectivity index (χ2n) is 5.72. The summed E-state index contributed by atoms with van der Waals surface area (Å²) in [6, 6.07) is 18.6. The van der Waals surface area contributed by atoms with Crippen molar-refractivity contribution in [2.24, 2.45) is 0 Å². The number of aldehydes is 2. The number of ketones is 1. The van der Waals surface area contributed by atoms with Gasteiger partial charge in [0.05, 0.1) is 5.56 Å². The quantitative estimate of drug-likeness (QED) is 0.290. The Morgan fingerprint density at radius 3 is 1.48 bits per heavy atom. The average molecular weight is 358 g/mol. The maximum atomic E-state index is 12.4. The van der Waals surface area contributed by atoms with Crippen molar-refractivity contribution in [2.75, 3.05) is 0 Å². The van der Waals surface area contributed by atoms with Crippen LogP contribution in [0.3, 0.4) is 0 Å². The first-order valence-electron chi connectivity index (χ1n) is 8.08. The number of carbonyl (C=O) groups is 4. The lowest BCUT2D eigenvalue weighted by molar-refractivity contribution is 0.0734. The van der Waals surface area contributed by atoms with Crippen molar-refractivity contribution in [3.05, 3.63) is 101 Å². The van der Waals surface area contributed by atoms with Crippen LogP contribution in [0.4, 0.5) is 0 Å². The molecule has 27 heavy (non-hydrogen) atoms. The summed E-state index contributed by atoms with van der Waals surface area (Å²) in [5.41, 5.74) is 2.14. The molecule has 0 fully saturated rings. The minimum atomic E-state index is -0.566. The van der Waals surface area contributed by atoms with Gasteiger partial charge in [-0.15, -0.1) is 0 Å². The molecule has 5 heteroatoms. The first-order chi connectivity index (χ1) is 13.1. The van der Waals surface area contributed by atoms with Crippen LogP contribution in [-0.2, 0) is 0 Å². The predicted molar refractivity (Wildman–Crippen MR) is 98.5 cm³/mol. The van der Waals surface area contributed by atoms with E-state index in [9.17, 15) is 19.2 Å². The molecule has 3 aromatic carbocycles. The van der Waals surface area contributed by atoms with E-state index < -0.39 is 5.97 Å². The van der Waals surface area contributed by atoms with Crippen LogP contribution in [0, 0.1) is 0 Å². The number of hydrogen-bond donors (Lipinski definition) is 0. The standard InChI is InChI=1S/C22H14O5/c23-13-15-1-5-17(6-2-15)21(25)18-7-9-19(10-8-18)22(26)27-20-11-3-16(14-24)4-12-20/h1-14H. The van der Waals surface area contributed by atoms with E-state index in [4.69, 9.17) is 4.74 Å². The third-order valence-electron chi connectivity index (χ3n) is 3.92. The van der Waals surface area contributed by atoms with Crippen molar-refractivity contribution < 1.29 is 23.9 Å². The summed E-state index contributed by atoms with van der Waals surface area (Å²) in [6.45, 7) is 0. The van der Waals surface area contributed by atoms with E-state index in [1.165, 1.54) is 24.3 Å². The molecule has 0 aromatic heterocycles. The van der Waals surface area contributed by atoms with Crippen LogP contribution in [0.2, 0.25) is 0 Å². The summed E-state index contributed by atoms with van der Waals surface area (Å²) in [5, 5.41) is 0. The topological polar surface area (TPSA) is 77.5 Å². The molecule has 0 radical (unpaired) electrons. The van der Waals surface area contributed by atoms with Gasteiger partial charge in [-0.1, -0.05) is 36.4 Å². The highest BCUT2D eigenvalue weighted by atomic mass is 16.5. The number of rotatable bonds is 6. The van der Waals surface area contributed by atoms with Gasteiger partial charge in [0.25, 0.3) is 0 Å². The van der Waals surface area contributed by atoms with Gasteiger partial charge in [-0.3, -0.25) is 14.4 Å². The minimum absolute atomic E-state index is 0.211. The number of ether oxygens (including phenoxy) is 1. The van der Waals surface area contributed by atoms with Gasteiger partial charge in [0.15, 0.2) is 5.78 Å². The van der Waals surface area contributed by atoms with Crippen molar-refractivity contribution in [3.8, 4) is 5.75 Å². The molecule has 0 bridgehead atoms. The van der Waals surface area contributed by atoms with Gasteiger partial charge in [0.1, 0.15) is 18.3 Å². The third-order valence-corrected chi connectivity index (χ3v) is 3.92. The van der Waals surface area contributed by atoms with E-state index in [0.717, 1.165) is 0 Å². The molecule has 5 nitrogen and oxygen atoms in total. The zero-order chi connectivity index (χ0) is 19.2. The molecular formula is C22H14O5. The first-order valence-corrected chi connectivity index (χ1v) is 8.08. The van der Waals surface area contributed by atoms with Crippen molar-refractivity contribution in [1.29, 1.82) is 0 Å². The van der Waals surface area contributed by atoms with Gasteiger partial charge >= 0.3 is 5.97 Å². The number of carbonyl (C=O) groups excluding carboxylic acids is 4. The summed E-state index contributed by atoms with van der Waals surface area (Å²) in [7, 11) is 0. The third kappa shape index (κ3) is 4.22. The van der Waals surface area contributed by atoms with E-state index in [2.05, 4.69) is 0 Å². The van der Waals surface area contributed by atoms with Gasteiger partial charge in [-0.2, -0.15) is 0 Å². The van der Waals surface area contributed by atoms with Gasteiger partial charge < -0.3 is 4.74 Å². The molecule has 132 valence electrons. The molecule has 0 aliphatic heterocycles. The normalized spacial score (nSPS) is 10.1.